The van der Waals surface area contributed by atoms with Gasteiger partial charge in [-0.25, -0.2) is 4.98 Å². The molecule has 1 atom stereocenters. The van der Waals surface area contributed by atoms with Gasteiger partial charge in [0.15, 0.2) is 11.5 Å². The van der Waals surface area contributed by atoms with E-state index in [9.17, 15) is 4.79 Å². The van der Waals surface area contributed by atoms with Crippen LogP contribution in [0, 0.1) is 0 Å². The lowest BCUT2D eigenvalue weighted by Gasteiger charge is -2.00. The third kappa shape index (κ3) is 1.77. The molecule has 2 heterocycles. The van der Waals surface area contributed by atoms with Gasteiger partial charge in [0.1, 0.15) is 0 Å². The van der Waals surface area contributed by atoms with Gasteiger partial charge >= 0.3 is 0 Å². The standard InChI is InChI=1S/C9H11NO2S/c1-6(11)7-5-10-9(12-7)8-3-2-4-13-8/h5,8H,2-4H2,1H3. The van der Waals surface area contributed by atoms with Crippen LogP contribution in [0.25, 0.3) is 0 Å². The Bertz CT molecular complexity index is 315. The molecule has 4 heteroatoms. The molecular formula is C9H11NO2S. The number of carbonyl (C=O) groups is 1. The summed E-state index contributed by atoms with van der Waals surface area (Å²) >= 11 is 1.85. The van der Waals surface area contributed by atoms with Crippen molar-refractivity contribution in [3.63, 3.8) is 0 Å². The highest BCUT2D eigenvalue weighted by Gasteiger charge is 2.22. The summed E-state index contributed by atoms with van der Waals surface area (Å²) in [6.45, 7) is 1.49. The fourth-order valence-electron chi connectivity index (χ4n) is 1.37. The fraction of sp³-hybridized carbons (Fsp3) is 0.556. The van der Waals surface area contributed by atoms with Crippen LogP contribution in [0.1, 0.15) is 41.5 Å². The number of aromatic nitrogens is 1. The molecule has 13 heavy (non-hydrogen) atoms. The Morgan fingerprint density at radius 2 is 2.62 bits per heavy atom. The molecule has 2 rings (SSSR count). The molecular weight excluding hydrogens is 186 g/mol. The number of ketones is 1. The lowest BCUT2D eigenvalue weighted by molar-refractivity contribution is 0.0985. The summed E-state index contributed by atoms with van der Waals surface area (Å²) in [6, 6.07) is 0. The van der Waals surface area contributed by atoms with E-state index in [2.05, 4.69) is 4.98 Å². The topological polar surface area (TPSA) is 43.1 Å². The monoisotopic (exact) mass is 197 g/mol. The number of hydrogen-bond acceptors (Lipinski definition) is 4. The largest absolute Gasteiger partial charge is 0.436 e. The van der Waals surface area contributed by atoms with Crippen molar-refractivity contribution in [1.82, 2.24) is 4.98 Å². The predicted molar refractivity (Wildman–Crippen MR) is 50.9 cm³/mol. The van der Waals surface area contributed by atoms with Gasteiger partial charge < -0.3 is 4.42 Å². The molecule has 0 radical (unpaired) electrons. The van der Waals surface area contributed by atoms with Gasteiger partial charge in [0.2, 0.25) is 5.89 Å². The zero-order valence-corrected chi connectivity index (χ0v) is 8.26. The van der Waals surface area contributed by atoms with Crippen LogP contribution >= 0.6 is 11.8 Å². The van der Waals surface area contributed by atoms with Crippen LogP contribution < -0.4 is 0 Å². The molecule has 1 aromatic rings. The first-order valence-electron chi connectivity index (χ1n) is 4.35. The number of rotatable bonds is 2. The number of thioether (sulfide) groups is 1. The van der Waals surface area contributed by atoms with Crippen molar-refractivity contribution in [2.45, 2.75) is 25.0 Å². The average Bonchev–Trinajstić information content (AvgIpc) is 2.75. The second-order valence-electron chi connectivity index (χ2n) is 3.12. The maximum atomic E-state index is 10.9. The van der Waals surface area contributed by atoms with Gasteiger partial charge in [-0.3, -0.25) is 4.79 Å². The second-order valence-corrected chi connectivity index (χ2v) is 4.43. The van der Waals surface area contributed by atoms with Gasteiger partial charge in [0, 0.05) is 6.92 Å². The molecule has 3 nitrogen and oxygen atoms in total. The zero-order valence-electron chi connectivity index (χ0n) is 7.45. The van der Waals surface area contributed by atoms with Crippen LogP contribution in [0.2, 0.25) is 0 Å². The molecule has 0 amide bonds. The van der Waals surface area contributed by atoms with E-state index in [0.717, 1.165) is 6.42 Å². The van der Waals surface area contributed by atoms with Crippen molar-refractivity contribution in [2.75, 3.05) is 5.75 Å². The van der Waals surface area contributed by atoms with E-state index < -0.39 is 0 Å². The molecule has 1 aliphatic rings. The molecule has 1 aliphatic heterocycles. The first kappa shape index (κ1) is 8.81. The summed E-state index contributed by atoms with van der Waals surface area (Å²) in [6.07, 6.45) is 3.85. The molecule has 0 spiro atoms. The first-order chi connectivity index (χ1) is 6.27. The molecule has 1 aromatic heterocycles. The number of oxazole rings is 1. The van der Waals surface area contributed by atoms with Crippen LogP contribution in [0.5, 0.6) is 0 Å². The highest BCUT2D eigenvalue weighted by molar-refractivity contribution is 7.99. The minimum Gasteiger partial charge on any atom is -0.436 e. The van der Waals surface area contributed by atoms with Gasteiger partial charge in [0.05, 0.1) is 11.4 Å². The average molecular weight is 197 g/mol. The van der Waals surface area contributed by atoms with Gasteiger partial charge in [-0.05, 0) is 18.6 Å². The Hall–Kier alpha value is -0.770. The Morgan fingerprint density at radius 3 is 3.15 bits per heavy atom. The van der Waals surface area contributed by atoms with E-state index in [1.807, 2.05) is 11.8 Å². The SMILES string of the molecule is CC(=O)c1cnc(C2CCCS2)o1. The van der Waals surface area contributed by atoms with E-state index >= 15 is 0 Å². The summed E-state index contributed by atoms with van der Waals surface area (Å²) in [4.78, 5) is 15.0. The van der Waals surface area contributed by atoms with E-state index in [1.54, 1.807) is 0 Å². The predicted octanol–water partition coefficient (Wildman–Crippen LogP) is 2.45. The third-order valence-corrected chi connectivity index (χ3v) is 3.44. The molecule has 70 valence electrons. The van der Waals surface area contributed by atoms with Gasteiger partial charge in [-0.2, -0.15) is 0 Å². The van der Waals surface area contributed by atoms with Crippen molar-refractivity contribution in [3.05, 3.63) is 17.8 Å². The fourth-order valence-corrected chi connectivity index (χ4v) is 2.57. The number of carbonyl (C=O) groups excluding carboxylic acids is 1. The van der Waals surface area contributed by atoms with E-state index in [4.69, 9.17) is 4.42 Å². The molecule has 1 fully saturated rings. The lowest BCUT2D eigenvalue weighted by Crippen LogP contribution is -1.88. The normalized spacial score (nSPS) is 22.1. The minimum atomic E-state index is -0.0539. The highest BCUT2D eigenvalue weighted by atomic mass is 32.2. The van der Waals surface area contributed by atoms with Crippen molar-refractivity contribution < 1.29 is 9.21 Å². The molecule has 1 saturated heterocycles. The molecule has 0 saturated carbocycles. The third-order valence-electron chi connectivity index (χ3n) is 2.08. The second kappa shape index (κ2) is 3.54. The Kier molecular flexibility index (Phi) is 2.40. The summed E-state index contributed by atoms with van der Waals surface area (Å²) in [5.74, 6) is 2.21. The Labute approximate surface area is 80.9 Å². The van der Waals surface area contributed by atoms with E-state index in [-0.39, 0.29) is 5.78 Å². The van der Waals surface area contributed by atoms with Crippen molar-refractivity contribution in [1.29, 1.82) is 0 Å². The van der Waals surface area contributed by atoms with Crippen LogP contribution in [0.4, 0.5) is 0 Å². The van der Waals surface area contributed by atoms with Crippen LogP contribution in [0.3, 0.4) is 0 Å². The van der Waals surface area contributed by atoms with Gasteiger partial charge in [-0.1, -0.05) is 0 Å². The summed E-state index contributed by atoms with van der Waals surface area (Å²) in [5, 5.41) is 0.369. The molecule has 1 unspecified atom stereocenters. The summed E-state index contributed by atoms with van der Waals surface area (Å²) < 4.78 is 5.35. The van der Waals surface area contributed by atoms with Gasteiger partial charge in [0.25, 0.3) is 0 Å². The maximum absolute atomic E-state index is 10.9. The molecule has 0 bridgehead atoms. The maximum Gasteiger partial charge on any atom is 0.208 e. The van der Waals surface area contributed by atoms with Crippen molar-refractivity contribution in [3.8, 4) is 0 Å². The van der Waals surface area contributed by atoms with Crippen molar-refractivity contribution >= 4 is 17.5 Å². The number of nitrogens with zero attached hydrogens (tertiary/aromatic N) is 1. The minimum absolute atomic E-state index is 0.0539. The van der Waals surface area contributed by atoms with Gasteiger partial charge in [-0.15, -0.1) is 11.8 Å². The summed E-state index contributed by atoms with van der Waals surface area (Å²) in [5.41, 5.74) is 0. The highest BCUT2D eigenvalue weighted by Crippen LogP contribution is 2.39. The van der Waals surface area contributed by atoms with Crippen LogP contribution in [0.15, 0.2) is 10.6 Å². The van der Waals surface area contributed by atoms with E-state index in [1.165, 1.54) is 25.3 Å². The molecule has 0 N–H and O–H groups in total. The van der Waals surface area contributed by atoms with Crippen LogP contribution in [-0.4, -0.2) is 16.5 Å². The number of hydrogen-bond donors (Lipinski definition) is 0. The first-order valence-corrected chi connectivity index (χ1v) is 5.40. The smallest absolute Gasteiger partial charge is 0.208 e. The van der Waals surface area contributed by atoms with Crippen LogP contribution in [-0.2, 0) is 0 Å². The molecule has 0 aromatic carbocycles. The van der Waals surface area contributed by atoms with E-state index in [0.29, 0.717) is 16.9 Å². The Morgan fingerprint density at radius 1 is 1.77 bits per heavy atom. The number of Topliss-reactive ketones (excluding diaryl/α,β-unsaturated/α-hetero) is 1. The lowest BCUT2D eigenvalue weighted by atomic mass is 10.2. The molecule has 0 aliphatic carbocycles. The van der Waals surface area contributed by atoms with Crippen molar-refractivity contribution in [2.24, 2.45) is 0 Å². The summed E-state index contributed by atoms with van der Waals surface area (Å²) in [7, 11) is 0. The quantitative estimate of drug-likeness (QED) is 0.683. The Balaban J connectivity index is 2.16. The zero-order chi connectivity index (χ0) is 9.26.